The van der Waals surface area contributed by atoms with Gasteiger partial charge in [0.15, 0.2) is 0 Å². The molecule has 105 valence electrons. The van der Waals surface area contributed by atoms with Gasteiger partial charge >= 0.3 is 6.39 Å². The van der Waals surface area contributed by atoms with Crippen LogP contribution in [0.2, 0.25) is 0 Å². The second-order valence-electron chi connectivity index (χ2n) is 4.27. The van der Waals surface area contributed by atoms with Crippen molar-refractivity contribution in [3.8, 4) is 34.4 Å². The first-order chi connectivity index (χ1) is 10.9. The molecule has 0 spiro atoms. The Morgan fingerprint density at radius 3 is 2.77 bits per heavy atom. The smallest absolute Gasteiger partial charge is 0.316 e. The molecular formula is C14H7N6O2. The Hall–Kier alpha value is -3.42. The summed E-state index contributed by atoms with van der Waals surface area (Å²) in [5.41, 5.74) is 1.85. The molecule has 22 heavy (non-hydrogen) atoms. The van der Waals surface area contributed by atoms with E-state index in [1.165, 1.54) is 0 Å². The van der Waals surface area contributed by atoms with Gasteiger partial charge in [0, 0.05) is 24.2 Å². The molecule has 4 heterocycles. The van der Waals surface area contributed by atoms with Crippen LogP contribution in [-0.2, 0) is 0 Å². The van der Waals surface area contributed by atoms with E-state index in [1.54, 1.807) is 36.8 Å². The van der Waals surface area contributed by atoms with E-state index in [9.17, 15) is 0 Å². The van der Waals surface area contributed by atoms with E-state index in [2.05, 4.69) is 41.2 Å². The van der Waals surface area contributed by atoms with Crippen molar-refractivity contribution < 1.29 is 9.05 Å². The molecule has 4 aromatic rings. The highest BCUT2D eigenvalue weighted by Gasteiger charge is 2.18. The second-order valence-corrected chi connectivity index (χ2v) is 4.27. The average Bonchev–Trinajstić information content (AvgIpc) is 3.28. The van der Waals surface area contributed by atoms with Crippen LogP contribution in [-0.4, -0.2) is 30.2 Å². The zero-order valence-electron chi connectivity index (χ0n) is 11.0. The van der Waals surface area contributed by atoms with Gasteiger partial charge in [-0.3, -0.25) is 9.97 Å². The Balaban J connectivity index is 1.80. The van der Waals surface area contributed by atoms with Crippen molar-refractivity contribution in [3.63, 3.8) is 0 Å². The van der Waals surface area contributed by atoms with E-state index in [0.29, 0.717) is 28.8 Å². The van der Waals surface area contributed by atoms with Crippen molar-refractivity contribution in [2.24, 2.45) is 0 Å². The maximum atomic E-state index is 5.32. The van der Waals surface area contributed by atoms with Crippen LogP contribution in [0.3, 0.4) is 0 Å². The monoisotopic (exact) mass is 291 g/mol. The van der Waals surface area contributed by atoms with E-state index < -0.39 is 0 Å². The summed E-state index contributed by atoms with van der Waals surface area (Å²) < 4.78 is 9.95. The van der Waals surface area contributed by atoms with Crippen LogP contribution in [0, 0.1) is 6.39 Å². The predicted molar refractivity (Wildman–Crippen MR) is 72.9 cm³/mol. The molecule has 4 aromatic heterocycles. The summed E-state index contributed by atoms with van der Waals surface area (Å²) in [5, 5.41) is 7.69. The zero-order valence-corrected chi connectivity index (χ0v) is 11.0. The highest BCUT2D eigenvalue weighted by molar-refractivity contribution is 5.73. The van der Waals surface area contributed by atoms with Crippen molar-refractivity contribution in [2.75, 3.05) is 0 Å². The molecule has 1 radical (unpaired) electrons. The lowest BCUT2D eigenvalue weighted by molar-refractivity contribution is 0.411. The molecule has 0 N–H and O–H groups in total. The first-order valence-electron chi connectivity index (χ1n) is 6.31. The molecular weight excluding hydrogens is 284 g/mol. The molecule has 8 nitrogen and oxygen atoms in total. The van der Waals surface area contributed by atoms with Crippen molar-refractivity contribution in [3.05, 3.63) is 49.2 Å². The Kier molecular flexibility index (Phi) is 2.90. The van der Waals surface area contributed by atoms with Gasteiger partial charge in [-0.2, -0.15) is 9.97 Å². The fourth-order valence-corrected chi connectivity index (χ4v) is 1.95. The molecule has 0 atom stereocenters. The van der Waals surface area contributed by atoms with Crippen LogP contribution in [0.15, 0.2) is 51.9 Å². The van der Waals surface area contributed by atoms with Crippen LogP contribution >= 0.6 is 0 Å². The van der Waals surface area contributed by atoms with Gasteiger partial charge in [-0.05, 0) is 24.3 Å². The highest BCUT2D eigenvalue weighted by Crippen LogP contribution is 2.28. The summed E-state index contributed by atoms with van der Waals surface area (Å²) in [6, 6.07) is 7.20. The molecule has 0 fully saturated rings. The van der Waals surface area contributed by atoms with Crippen LogP contribution in [0.25, 0.3) is 34.4 Å². The topological polar surface area (TPSA) is 104 Å². The van der Waals surface area contributed by atoms with Crippen LogP contribution in [0.1, 0.15) is 0 Å². The lowest BCUT2D eigenvalue weighted by atomic mass is 10.2. The number of aromatic nitrogens is 6. The Bertz CT molecular complexity index is 889. The summed E-state index contributed by atoms with van der Waals surface area (Å²) in [6.45, 7) is 0. The fourth-order valence-electron chi connectivity index (χ4n) is 1.95. The summed E-state index contributed by atoms with van der Waals surface area (Å²) in [4.78, 5) is 16.5. The van der Waals surface area contributed by atoms with Crippen molar-refractivity contribution in [2.45, 2.75) is 0 Å². The molecule has 0 saturated carbocycles. The lowest BCUT2D eigenvalue weighted by Gasteiger charge is -1.99. The third kappa shape index (κ3) is 2.12. The average molecular weight is 291 g/mol. The van der Waals surface area contributed by atoms with Gasteiger partial charge in [0.2, 0.25) is 11.6 Å². The number of nitrogens with zero attached hydrogens (tertiary/aromatic N) is 6. The predicted octanol–water partition coefficient (Wildman–Crippen LogP) is 2.04. The Morgan fingerprint density at radius 1 is 1.00 bits per heavy atom. The van der Waals surface area contributed by atoms with Gasteiger partial charge in [-0.25, -0.2) is 0 Å². The van der Waals surface area contributed by atoms with E-state index >= 15 is 0 Å². The number of hydrogen-bond donors (Lipinski definition) is 0. The van der Waals surface area contributed by atoms with E-state index in [1.807, 2.05) is 6.07 Å². The van der Waals surface area contributed by atoms with Gasteiger partial charge in [0.05, 0.1) is 5.56 Å². The standard InChI is InChI=1S/C14H7N6O2/c1-3-9(7-15-5-1)12-18-14(22-20-12)10-4-2-6-16-11(10)13-17-8-21-19-13/h1-7H. The van der Waals surface area contributed by atoms with Crippen LogP contribution < -0.4 is 0 Å². The molecule has 8 heteroatoms. The van der Waals surface area contributed by atoms with Crippen molar-refractivity contribution in [1.82, 2.24) is 30.2 Å². The number of pyridine rings is 2. The van der Waals surface area contributed by atoms with Gasteiger partial charge in [-0.1, -0.05) is 10.3 Å². The van der Waals surface area contributed by atoms with Gasteiger partial charge in [-0.15, -0.1) is 0 Å². The van der Waals surface area contributed by atoms with Gasteiger partial charge in [0.25, 0.3) is 5.89 Å². The molecule has 0 saturated heterocycles. The molecule has 0 aliphatic heterocycles. The molecule has 0 aliphatic carbocycles. The molecule has 4 rings (SSSR count). The lowest BCUT2D eigenvalue weighted by Crippen LogP contribution is -1.90. The quantitative estimate of drug-likeness (QED) is 0.564. The molecule has 0 aromatic carbocycles. The van der Waals surface area contributed by atoms with Gasteiger partial charge in [0.1, 0.15) is 5.69 Å². The van der Waals surface area contributed by atoms with E-state index in [0.717, 1.165) is 5.56 Å². The van der Waals surface area contributed by atoms with Crippen molar-refractivity contribution >= 4 is 0 Å². The Labute approximate surface area is 123 Å². The first-order valence-corrected chi connectivity index (χ1v) is 6.31. The molecule has 0 aliphatic rings. The second kappa shape index (κ2) is 5.17. The molecule has 0 unspecified atom stereocenters. The van der Waals surface area contributed by atoms with E-state index in [4.69, 9.17) is 4.52 Å². The van der Waals surface area contributed by atoms with Crippen molar-refractivity contribution in [1.29, 1.82) is 0 Å². The largest absolute Gasteiger partial charge is 0.334 e. The minimum atomic E-state index is 0.303. The molecule has 0 amide bonds. The summed E-state index contributed by atoms with van der Waals surface area (Å²) in [6.07, 6.45) is 7.24. The summed E-state index contributed by atoms with van der Waals surface area (Å²) >= 11 is 0. The first kappa shape index (κ1) is 12.3. The van der Waals surface area contributed by atoms with Crippen LogP contribution in [0.4, 0.5) is 0 Å². The SMILES string of the molecule is [c]1nc(-c2ncccc2-c2nc(-c3cccnc3)no2)no1. The maximum absolute atomic E-state index is 5.32. The molecule has 0 bridgehead atoms. The number of rotatable bonds is 3. The van der Waals surface area contributed by atoms with E-state index in [-0.39, 0.29) is 0 Å². The summed E-state index contributed by atoms with van der Waals surface area (Å²) in [7, 11) is 0. The third-order valence-corrected chi connectivity index (χ3v) is 2.92. The fraction of sp³-hybridized carbons (Fsp3) is 0. The third-order valence-electron chi connectivity index (χ3n) is 2.92. The van der Waals surface area contributed by atoms with Crippen LogP contribution in [0.5, 0.6) is 0 Å². The zero-order chi connectivity index (χ0) is 14.8. The Morgan fingerprint density at radius 2 is 1.95 bits per heavy atom. The van der Waals surface area contributed by atoms with Gasteiger partial charge < -0.3 is 9.05 Å². The minimum Gasteiger partial charge on any atom is -0.334 e. The number of hydrogen-bond acceptors (Lipinski definition) is 8. The maximum Gasteiger partial charge on any atom is 0.316 e. The summed E-state index contributed by atoms with van der Waals surface area (Å²) in [5.74, 6) is 1.06. The minimum absolute atomic E-state index is 0.303. The highest BCUT2D eigenvalue weighted by atomic mass is 16.5. The normalized spacial score (nSPS) is 10.7.